The van der Waals surface area contributed by atoms with Crippen LogP contribution in [0.25, 0.3) is 11.1 Å². The fourth-order valence-corrected chi connectivity index (χ4v) is 2.65. The van der Waals surface area contributed by atoms with Crippen LogP contribution in [0.4, 0.5) is 0 Å². The summed E-state index contributed by atoms with van der Waals surface area (Å²) in [7, 11) is 0. The second kappa shape index (κ2) is 7.58. The van der Waals surface area contributed by atoms with Gasteiger partial charge in [0.25, 0.3) is 5.91 Å². The number of benzene rings is 2. The average molecular weight is 360 g/mol. The van der Waals surface area contributed by atoms with Crippen molar-refractivity contribution in [1.29, 1.82) is 5.26 Å². The molecular weight excluding hydrogens is 344 g/mol. The lowest BCUT2D eigenvalue weighted by molar-refractivity contribution is 0.0913. The zero-order valence-electron chi connectivity index (χ0n) is 14.5. The number of nitrogens with one attached hydrogen (secondary N) is 1. The minimum Gasteiger partial charge on any atom is -0.501 e. The van der Waals surface area contributed by atoms with Crippen molar-refractivity contribution < 1.29 is 14.3 Å². The average Bonchev–Trinajstić information content (AvgIpc) is 2.69. The number of hydrogen-bond acceptors (Lipinski definition) is 5. The number of carbonyl (C=O) groups is 1. The van der Waals surface area contributed by atoms with Crippen molar-refractivity contribution >= 4 is 5.91 Å². The summed E-state index contributed by atoms with van der Waals surface area (Å²) in [6, 6.07) is 18.0. The predicted octanol–water partition coefficient (Wildman–Crippen LogP) is 3.12. The highest BCUT2D eigenvalue weighted by atomic mass is 16.4. The number of nitriles is 1. The third-order valence-corrected chi connectivity index (χ3v) is 4.02. The van der Waals surface area contributed by atoms with E-state index in [0.717, 1.165) is 22.8 Å². The number of aromatic hydroxyl groups is 1. The minimum absolute atomic E-state index is 0.191. The molecule has 1 heterocycles. The number of nitrogens with zero attached hydrogens (tertiary/aromatic N) is 1. The zero-order valence-corrected chi connectivity index (χ0v) is 14.5. The first-order valence-electron chi connectivity index (χ1n) is 8.20. The standard InChI is InChI=1S/C21H16N2O4/c1-13-10-18(24)19(25)20(27-13)21(26)23-12-14-6-8-15(9-7-14)17-5-3-2-4-16(17)11-22/h2-10,25H,12H2,1H3,(H,23,26). The molecule has 0 radical (unpaired) electrons. The van der Waals surface area contributed by atoms with E-state index in [2.05, 4.69) is 11.4 Å². The molecule has 0 spiro atoms. The Morgan fingerprint density at radius 1 is 1.19 bits per heavy atom. The van der Waals surface area contributed by atoms with Crippen LogP contribution in [0, 0.1) is 18.3 Å². The van der Waals surface area contributed by atoms with Crippen LogP contribution in [-0.4, -0.2) is 11.0 Å². The summed E-state index contributed by atoms with van der Waals surface area (Å²) in [5.74, 6) is -1.54. The van der Waals surface area contributed by atoms with E-state index in [-0.39, 0.29) is 12.3 Å². The molecule has 0 saturated carbocycles. The van der Waals surface area contributed by atoms with Gasteiger partial charge in [0.15, 0.2) is 0 Å². The number of rotatable bonds is 4. The normalized spacial score (nSPS) is 10.2. The quantitative estimate of drug-likeness (QED) is 0.744. The van der Waals surface area contributed by atoms with Gasteiger partial charge in [-0.25, -0.2) is 0 Å². The van der Waals surface area contributed by atoms with E-state index in [9.17, 15) is 20.0 Å². The molecule has 6 nitrogen and oxygen atoms in total. The van der Waals surface area contributed by atoms with Gasteiger partial charge in [-0.15, -0.1) is 0 Å². The Morgan fingerprint density at radius 2 is 1.89 bits per heavy atom. The van der Waals surface area contributed by atoms with E-state index < -0.39 is 22.8 Å². The summed E-state index contributed by atoms with van der Waals surface area (Å²) in [6.45, 7) is 1.71. The Balaban J connectivity index is 1.74. The van der Waals surface area contributed by atoms with Gasteiger partial charge < -0.3 is 14.8 Å². The molecule has 27 heavy (non-hydrogen) atoms. The largest absolute Gasteiger partial charge is 0.501 e. The van der Waals surface area contributed by atoms with E-state index in [0.29, 0.717) is 5.56 Å². The van der Waals surface area contributed by atoms with Crippen molar-refractivity contribution in [3.63, 3.8) is 0 Å². The van der Waals surface area contributed by atoms with E-state index in [1.807, 2.05) is 42.5 Å². The lowest BCUT2D eigenvalue weighted by Crippen LogP contribution is -2.24. The van der Waals surface area contributed by atoms with Gasteiger partial charge in [0.05, 0.1) is 11.6 Å². The van der Waals surface area contributed by atoms with Crippen molar-refractivity contribution in [3.8, 4) is 22.9 Å². The molecule has 0 aliphatic heterocycles. The highest BCUT2D eigenvalue weighted by molar-refractivity contribution is 5.93. The van der Waals surface area contributed by atoms with Crippen molar-refractivity contribution in [2.24, 2.45) is 0 Å². The van der Waals surface area contributed by atoms with Crippen LogP contribution in [0.1, 0.15) is 27.4 Å². The van der Waals surface area contributed by atoms with Crippen LogP contribution in [0.2, 0.25) is 0 Å². The molecule has 0 fully saturated rings. The highest BCUT2D eigenvalue weighted by Gasteiger charge is 2.17. The topological polar surface area (TPSA) is 103 Å². The van der Waals surface area contributed by atoms with Crippen molar-refractivity contribution in [2.75, 3.05) is 0 Å². The molecule has 2 N–H and O–H groups in total. The van der Waals surface area contributed by atoms with Gasteiger partial charge in [0.1, 0.15) is 5.76 Å². The molecule has 3 aromatic rings. The molecule has 134 valence electrons. The molecule has 0 aliphatic rings. The van der Waals surface area contributed by atoms with Gasteiger partial charge in [-0.3, -0.25) is 9.59 Å². The van der Waals surface area contributed by atoms with E-state index in [1.54, 1.807) is 6.07 Å². The first-order chi connectivity index (χ1) is 13.0. The predicted molar refractivity (Wildman–Crippen MR) is 99.1 cm³/mol. The molecule has 0 aliphatic carbocycles. The Hall–Kier alpha value is -3.85. The Bertz CT molecular complexity index is 1090. The van der Waals surface area contributed by atoms with Gasteiger partial charge in [-0.1, -0.05) is 42.5 Å². The van der Waals surface area contributed by atoms with Crippen LogP contribution < -0.4 is 10.7 Å². The summed E-state index contributed by atoms with van der Waals surface area (Å²) in [6.07, 6.45) is 0. The van der Waals surface area contributed by atoms with Crippen molar-refractivity contribution in [3.05, 3.63) is 87.5 Å². The number of aryl methyl sites for hydroxylation is 1. The SMILES string of the molecule is Cc1cc(=O)c(O)c(C(=O)NCc2ccc(-c3ccccc3C#N)cc2)o1. The molecule has 0 bridgehead atoms. The molecule has 2 aromatic carbocycles. The maximum absolute atomic E-state index is 12.2. The van der Waals surface area contributed by atoms with E-state index in [4.69, 9.17) is 4.42 Å². The maximum atomic E-state index is 12.2. The van der Waals surface area contributed by atoms with E-state index in [1.165, 1.54) is 6.92 Å². The second-order valence-electron chi connectivity index (χ2n) is 5.94. The maximum Gasteiger partial charge on any atom is 0.291 e. The molecule has 0 unspecified atom stereocenters. The first kappa shape index (κ1) is 18.0. The van der Waals surface area contributed by atoms with Crippen LogP contribution >= 0.6 is 0 Å². The zero-order chi connectivity index (χ0) is 19.4. The van der Waals surface area contributed by atoms with Crippen LogP contribution in [0.5, 0.6) is 5.75 Å². The third kappa shape index (κ3) is 3.88. The van der Waals surface area contributed by atoms with Crippen molar-refractivity contribution in [2.45, 2.75) is 13.5 Å². The van der Waals surface area contributed by atoms with Crippen LogP contribution in [-0.2, 0) is 6.54 Å². The van der Waals surface area contributed by atoms with Crippen LogP contribution in [0.15, 0.2) is 63.8 Å². The summed E-state index contributed by atoms with van der Waals surface area (Å²) in [5.41, 5.74) is 2.47. The lowest BCUT2D eigenvalue weighted by atomic mass is 9.99. The van der Waals surface area contributed by atoms with Gasteiger partial charge >= 0.3 is 0 Å². The minimum atomic E-state index is -0.707. The summed E-state index contributed by atoms with van der Waals surface area (Å²) >= 11 is 0. The molecule has 0 saturated heterocycles. The first-order valence-corrected chi connectivity index (χ1v) is 8.20. The van der Waals surface area contributed by atoms with Gasteiger partial charge in [0.2, 0.25) is 16.9 Å². The summed E-state index contributed by atoms with van der Waals surface area (Å²) < 4.78 is 5.15. The molecule has 6 heteroatoms. The number of amides is 1. The monoisotopic (exact) mass is 360 g/mol. The number of hydrogen-bond donors (Lipinski definition) is 2. The third-order valence-electron chi connectivity index (χ3n) is 4.02. The Morgan fingerprint density at radius 3 is 2.59 bits per heavy atom. The van der Waals surface area contributed by atoms with Gasteiger partial charge in [-0.05, 0) is 29.7 Å². The highest BCUT2D eigenvalue weighted by Crippen LogP contribution is 2.23. The fraction of sp³-hybridized carbons (Fsp3) is 0.0952. The molecular formula is C21H16N2O4. The molecule has 1 aromatic heterocycles. The Labute approximate surface area is 155 Å². The van der Waals surface area contributed by atoms with Crippen molar-refractivity contribution in [1.82, 2.24) is 5.32 Å². The Kier molecular flexibility index (Phi) is 5.04. The fourth-order valence-electron chi connectivity index (χ4n) is 2.65. The second-order valence-corrected chi connectivity index (χ2v) is 5.94. The lowest BCUT2D eigenvalue weighted by Gasteiger charge is -2.08. The van der Waals surface area contributed by atoms with E-state index >= 15 is 0 Å². The van der Waals surface area contributed by atoms with Gasteiger partial charge in [0, 0.05) is 12.6 Å². The van der Waals surface area contributed by atoms with Crippen LogP contribution in [0.3, 0.4) is 0 Å². The summed E-state index contributed by atoms with van der Waals surface area (Å²) in [4.78, 5) is 23.7. The molecule has 0 atom stereocenters. The smallest absolute Gasteiger partial charge is 0.291 e. The number of carbonyl (C=O) groups excluding carboxylic acids is 1. The van der Waals surface area contributed by atoms with Gasteiger partial charge in [-0.2, -0.15) is 5.26 Å². The summed E-state index contributed by atoms with van der Waals surface area (Å²) in [5, 5.41) is 21.5. The molecule has 1 amide bonds. The molecule has 3 rings (SSSR count).